The van der Waals surface area contributed by atoms with E-state index in [1.165, 1.54) is 25.9 Å². The Balaban J connectivity index is 2.18. The lowest BCUT2D eigenvalue weighted by molar-refractivity contribution is -0.108. The summed E-state index contributed by atoms with van der Waals surface area (Å²) < 4.78 is 0. The van der Waals surface area contributed by atoms with E-state index in [0.717, 1.165) is 24.7 Å². The minimum absolute atomic E-state index is 0.701. The first-order chi connectivity index (χ1) is 6.24. The molecule has 76 valence electrons. The molecule has 0 atom stereocenters. The largest absolute Gasteiger partial charge is 0.303 e. The molecule has 0 aromatic carbocycles. The van der Waals surface area contributed by atoms with Crippen LogP contribution in [0.4, 0.5) is 0 Å². The molecule has 1 aliphatic heterocycles. The molecule has 0 radical (unpaired) electrons. The van der Waals surface area contributed by atoms with Crippen LogP contribution in [-0.4, -0.2) is 30.8 Å². The molecule has 0 saturated carbocycles. The molecule has 1 aliphatic rings. The average Bonchev–Trinajstić information content (AvgIpc) is 2.15. The van der Waals surface area contributed by atoms with Crippen LogP contribution < -0.4 is 0 Å². The SMILES string of the molecule is CC(C)C1CCN(CCC=O)CC1. The summed E-state index contributed by atoms with van der Waals surface area (Å²) in [5.74, 6) is 1.74. The molecule has 0 aromatic rings. The lowest BCUT2D eigenvalue weighted by Crippen LogP contribution is -2.35. The second-order valence-electron chi connectivity index (χ2n) is 4.38. The number of hydrogen-bond donors (Lipinski definition) is 0. The molecule has 0 unspecified atom stereocenters. The smallest absolute Gasteiger partial charge is 0.121 e. The lowest BCUT2D eigenvalue weighted by atomic mass is 9.87. The van der Waals surface area contributed by atoms with Crippen molar-refractivity contribution in [2.24, 2.45) is 11.8 Å². The van der Waals surface area contributed by atoms with Crippen LogP contribution in [-0.2, 0) is 4.79 Å². The van der Waals surface area contributed by atoms with Gasteiger partial charge in [-0.05, 0) is 37.8 Å². The monoisotopic (exact) mass is 183 g/mol. The van der Waals surface area contributed by atoms with Gasteiger partial charge in [0, 0.05) is 13.0 Å². The molecule has 0 bridgehead atoms. The zero-order valence-electron chi connectivity index (χ0n) is 8.83. The summed E-state index contributed by atoms with van der Waals surface area (Å²) in [5, 5.41) is 0. The zero-order chi connectivity index (χ0) is 9.68. The number of carbonyl (C=O) groups is 1. The third kappa shape index (κ3) is 3.47. The van der Waals surface area contributed by atoms with Crippen LogP contribution in [0.25, 0.3) is 0 Å². The number of hydrogen-bond acceptors (Lipinski definition) is 2. The molecular formula is C11H21NO. The fraction of sp³-hybridized carbons (Fsp3) is 0.909. The topological polar surface area (TPSA) is 20.3 Å². The molecule has 1 fully saturated rings. The van der Waals surface area contributed by atoms with Gasteiger partial charge in [-0.15, -0.1) is 0 Å². The van der Waals surface area contributed by atoms with Gasteiger partial charge in [-0.25, -0.2) is 0 Å². The summed E-state index contributed by atoms with van der Waals surface area (Å²) in [4.78, 5) is 12.6. The number of nitrogens with zero attached hydrogens (tertiary/aromatic N) is 1. The van der Waals surface area contributed by atoms with E-state index < -0.39 is 0 Å². The molecule has 0 spiro atoms. The third-order valence-corrected chi connectivity index (χ3v) is 3.14. The highest BCUT2D eigenvalue weighted by molar-refractivity contribution is 5.49. The molecule has 2 heteroatoms. The molecular weight excluding hydrogens is 162 g/mol. The Hall–Kier alpha value is -0.370. The van der Waals surface area contributed by atoms with Crippen LogP contribution in [0.1, 0.15) is 33.1 Å². The minimum Gasteiger partial charge on any atom is -0.303 e. The van der Waals surface area contributed by atoms with Crippen LogP contribution in [0.15, 0.2) is 0 Å². The molecule has 0 aromatic heterocycles. The molecule has 1 heterocycles. The van der Waals surface area contributed by atoms with Crippen molar-refractivity contribution < 1.29 is 4.79 Å². The summed E-state index contributed by atoms with van der Waals surface area (Å²) in [6.07, 6.45) is 4.36. The quantitative estimate of drug-likeness (QED) is 0.621. The Labute approximate surface area is 81.3 Å². The third-order valence-electron chi connectivity index (χ3n) is 3.14. The van der Waals surface area contributed by atoms with E-state index in [1.54, 1.807) is 0 Å². The Bertz CT molecular complexity index is 148. The van der Waals surface area contributed by atoms with E-state index in [4.69, 9.17) is 0 Å². The molecule has 1 saturated heterocycles. The van der Waals surface area contributed by atoms with Crippen LogP contribution >= 0.6 is 0 Å². The Kier molecular flexibility index (Phi) is 4.43. The standard InChI is InChI=1S/C11H21NO/c1-10(2)11-4-7-12(8-5-11)6-3-9-13/h9-11H,3-8H2,1-2H3. The molecule has 0 N–H and O–H groups in total. The van der Waals surface area contributed by atoms with Crippen molar-refractivity contribution in [2.75, 3.05) is 19.6 Å². The van der Waals surface area contributed by atoms with Crippen LogP contribution in [0, 0.1) is 11.8 Å². The Morgan fingerprint density at radius 1 is 1.38 bits per heavy atom. The molecule has 13 heavy (non-hydrogen) atoms. The lowest BCUT2D eigenvalue weighted by Gasteiger charge is -2.33. The fourth-order valence-electron chi connectivity index (χ4n) is 2.08. The van der Waals surface area contributed by atoms with Gasteiger partial charge in [0.05, 0.1) is 0 Å². The molecule has 0 amide bonds. The summed E-state index contributed by atoms with van der Waals surface area (Å²) >= 11 is 0. The van der Waals surface area contributed by atoms with E-state index in [2.05, 4.69) is 18.7 Å². The van der Waals surface area contributed by atoms with Gasteiger partial charge in [0.2, 0.25) is 0 Å². The van der Waals surface area contributed by atoms with Gasteiger partial charge in [0.25, 0.3) is 0 Å². The Morgan fingerprint density at radius 2 is 2.00 bits per heavy atom. The molecule has 1 rings (SSSR count). The van der Waals surface area contributed by atoms with Gasteiger partial charge < -0.3 is 9.69 Å². The van der Waals surface area contributed by atoms with E-state index in [0.29, 0.717) is 6.42 Å². The first-order valence-corrected chi connectivity index (χ1v) is 5.40. The number of likely N-dealkylation sites (tertiary alicyclic amines) is 1. The van der Waals surface area contributed by atoms with Crippen LogP contribution in [0.2, 0.25) is 0 Å². The number of aldehydes is 1. The van der Waals surface area contributed by atoms with Crippen molar-refractivity contribution in [3.63, 3.8) is 0 Å². The maximum Gasteiger partial charge on any atom is 0.121 e. The van der Waals surface area contributed by atoms with Gasteiger partial charge in [0.1, 0.15) is 6.29 Å². The Morgan fingerprint density at radius 3 is 2.46 bits per heavy atom. The highest BCUT2D eigenvalue weighted by Crippen LogP contribution is 2.24. The second kappa shape index (κ2) is 5.38. The molecule has 2 nitrogen and oxygen atoms in total. The van der Waals surface area contributed by atoms with Crippen molar-refractivity contribution in [3.05, 3.63) is 0 Å². The highest BCUT2D eigenvalue weighted by Gasteiger charge is 2.20. The first kappa shape index (κ1) is 10.7. The maximum absolute atomic E-state index is 10.2. The predicted molar refractivity (Wildman–Crippen MR) is 54.7 cm³/mol. The fourth-order valence-corrected chi connectivity index (χ4v) is 2.08. The first-order valence-electron chi connectivity index (χ1n) is 5.40. The van der Waals surface area contributed by atoms with Gasteiger partial charge >= 0.3 is 0 Å². The van der Waals surface area contributed by atoms with Gasteiger partial charge in [-0.3, -0.25) is 0 Å². The van der Waals surface area contributed by atoms with Crippen molar-refractivity contribution >= 4 is 6.29 Å². The van der Waals surface area contributed by atoms with Crippen molar-refractivity contribution in [1.29, 1.82) is 0 Å². The second-order valence-corrected chi connectivity index (χ2v) is 4.38. The number of rotatable bonds is 4. The predicted octanol–water partition coefficient (Wildman–Crippen LogP) is 1.94. The summed E-state index contributed by atoms with van der Waals surface area (Å²) in [6, 6.07) is 0. The van der Waals surface area contributed by atoms with Crippen LogP contribution in [0.5, 0.6) is 0 Å². The normalized spacial score (nSPS) is 20.8. The van der Waals surface area contributed by atoms with Crippen molar-refractivity contribution in [3.8, 4) is 0 Å². The van der Waals surface area contributed by atoms with Gasteiger partial charge in [0.15, 0.2) is 0 Å². The number of carbonyl (C=O) groups excluding carboxylic acids is 1. The van der Waals surface area contributed by atoms with E-state index >= 15 is 0 Å². The van der Waals surface area contributed by atoms with Gasteiger partial charge in [-0.1, -0.05) is 13.8 Å². The van der Waals surface area contributed by atoms with E-state index in [-0.39, 0.29) is 0 Å². The van der Waals surface area contributed by atoms with Crippen molar-refractivity contribution in [2.45, 2.75) is 33.1 Å². The summed E-state index contributed by atoms with van der Waals surface area (Å²) in [5.41, 5.74) is 0. The summed E-state index contributed by atoms with van der Waals surface area (Å²) in [7, 11) is 0. The zero-order valence-corrected chi connectivity index (χ0v) is 8.83. The maximum atomic E-state index is 10.2. The minimum atomic E-state index is 0.701. The van der Waals surface area contributed by atoms with E-state index in [1.807, 2.05) is 0 Å². The summed E-state index contributed by atoms with van der Waals surface area (Å²) in [6.45, 7) is 7.97. The number of piperidine rings is 1. The highest BCUT2D eigenvalue weighted by atomic mass is 16.1. The average molecular weight is 183 g/mol. The molecule has 0 aliphatic carbocycles. The van der Waals surface area contributed by atoms with Crippen LogP contribution in [0.3, 0.4) is 0 Å². The van der Waals surface area contributed by atoms with Gasteiger partial charge in [-0.2, -0.15) is 0 Å². The van der Waals surface area contributed by atoms with E-state index in [9.17, 15) is 4.79 Å². The van der Waals surface area contributed by atoms with Crippen molar-refractivity contribution in [1.82, 2.24) is 4.90 Å².